The average molecular weight is 569 g/mol. The topological polar surface area (TPSA) is 100 Å². The summed E-state index contributed by atoms with van der Waals surface area (Å²) in [6.45, 7) is 3.50. The Kier molecular flexibility index (Phi) is 8.99. The second kappa shape index (κ2) is 13.2. The molecule has 216 valence electrons. The first-order chi connectivity index (χ1) is 20.4. The van der Waals surface area contributed by atoms with Crippen LogP contribution in [0.5, 0.6) is 17.2 Å². The van der Waals surface area contributed by atoms with Crippen molar-refractivity contribution in [2.24, 2.45) is 0 Å². The minimum atomic E-state index is -0.899. The second-order valence-electron chi connectivity index (χ2n) is 9.83. The molecular formula is C33H32N2O7. The number of carbonyl (C=O) groups is 1. The molecule has 1 aliphatic rings. The van der Waals surface area contributed by atoms with Crippen molar-refractivity contribution in [1.82, 2.24) is 0 Å². The SMILES string of the molecule is CCOC(Cc1ccc(C2CN(Cc3ccccc3)c3ccccc3O2)cc1OC)C(=O)Oc1ccc([N+](=O)[O-])cc1. The van der Waals surface area contributed by atoms with Gasteiger partial charge in [0.25, 0.3) is 5.69 Å². The van der Waals surface area contributed by atoms with E-state index in [9.17, 15) is 14.9 Å². The van der Waals surface area contributed by atoms with Crippen molar-refractivity contribution in [2.45, 2.75) is 32.1 Å². The normalized spacial score (nSPS) is 14.8. The van der Waals surface area contributed by atoms with Gasteiger partial charge in [-0.05, 0) is 53.9 Å². The van der Waals surface area contributed by atoms with E-state index in [0.717, 1.165) is 29.1 Å². The minimum absolute atomic E-state index is 0.0883. The molecule has 5 rings (SSSR count). The first-order valence-electron chi connectivity index (χ1n) is 13.7. The standard InChI is InChI=1S/C33H32N2O7/c1-3-40-31(33(36)41-27-17-15-26(16-18-27)35(37)38)20-24-13-14-25(19-30(24)39-2)32-22-34(21-23-9-5-4-6-10-23)28-11-7-8-12-29(28)42-32/h4-19,31-32H,3,20-22H2,1-2H3. The van der Waals surface area contributed by atoms with E-state index in [2.05, 4.69) is 23.1 Å². The number of nitro benzene ring substituents is 1. The fraction of sp³-hybridized carbons (Fsp3) is 0.242. The minimum Gasteiger partial charge on any atom is -0.496 e. The summed E-state index contributed by atoms with van der Waals surface area (Å²) in [6.07, 6.45) is -0.914. The van der Waals surface area contributed by atoms with Crippen LogP contribution in [-0.4, -0.2) is 37.3 Å². The van der Waals surface area contributed by atoms with Crippen LogP contribution in [-0.2, 0) is 22.5 Å². The molecule has 9 heteroatoms. The number of hydrogen-bond donors (Lipinski definition) is 0. The van der Waals surface area contributed by atoms with E-state index in [1.54, 1.807) is 14.0 Å². The number of anilines is 1. The number of fused-ring (bicyclic) bond motifs is 1. The van der Waals surface area contributed by atoms with Crippen LogP contribution in [0.4, 0.5) is 11.4 Å². The highest BCUT2D eigenvalue weighted by atomic mass is 16.6. The maximum atomic E-state index is 13.0. The average Bonchev–Trinajstić information content (AvgIpc) is 3.01. The van der Waals surface area contributed by atoms with Crippen molar-refractivity contribution in [3.63, 3.8) is 0 Å². The van der Waals surface area contributed by atoms with Gasteiger partial charge in [0.1, 0.15) is 23.4 Å². The molecule has 1 heterocycles. The van der Waals surface area contributed by atoms with Gasteiger partial charge in [-0.2, -0.15) is 0 Å². The number of esters is 1. The van der Waals surface area contributed by atoms with E-state index in [-0.39, 0.29) is 24.0 Å². The molecule has 0 radical (unpaired) electrons. The molecule has 0 bridgehead atoms. The number of benzene rings is 4. The fourth-order valence-corrected chi connectivity index (χ4v) is 4.99. The molecule has 2 atom stereocenters. The van der Waals surface area contributed by atoms with Gasteiger partial charge in [-0.1, -0.05) is 54.6 Å². The summed E-state index contributed by atoms with van der Waals surface area (Å²) >= 11 is 0. The third-order valence-corrected chi connectivity index (χ3v) is 7.06. The van der Waals surface area contributed by atoms with Crippen LogP contribution in [0.25, 0.3) is 0 Å². The van der Waals surface area contributed by atoms with Crippen LogP contribution in [0.15, 0.2) is 97.1 Å². The van der Waals surface area contributed by atoms with Crippen molar-refractivity contribution in [1.29, 1.82) is 0 Å². The number of non-ortho nitro benzene ring substituents is 1. The molecule has 0 saturated carbocycles. The zero-order valence-electron chi connectivity index (χ0n) is 23.5. The van der Waals surface area contributed by atoms with Gasteiger partial charge in [-0.15, -0.1) is 0 Å². The molecule has 9 nitrogen and oxygen atoms in total. The first-order valence-corrected chi connectivity index (χ1v) is 13.7. The van der Waals surface area contributed by atoms with Gasteiger partial charge < -0.3 is 23.8 Å². The maximum absolute atomic E-state index is 13.0. The Hall–Kier alpha value is -4.89. The summed E-state index contributed by atoms with van der Waals surface area (Å²) in [4.78, 5) is 25.7. The highest BCUT2D eigenvalue weighted by molar-refractivity contribution is 5.78. The zero-order chi connectivity index (χ0) is 29.5. The summed E-state index contributed by atoms with van der Waals surface area (Å²) in [5.74, 6) is 1.03. The lowest BCUT2D eigenvalue weighted by atomic mass is 10.00. The molecule has 0 aromatic heterocycles. The van der Waals surface area contributed by atoms with Gasteiger partial charge in [0.05, 0.1) is 24.3 Å². The Morgan fingerprint density at radius 3 is 2.48 bits per heavy atom. The Morgan fingerprint density at radius 2 is 1.76 bits per heavy atom. The number of methoxy groups -OCH3 is 1. The Morgan fingerprint density at radius 1 is 1.02 bits per heavy atom. The lowest BCUT2D eigenvalue weighted by molar-refractivity contribution is -0.384. The molecule has 2 unspecified atom stereocenters. The van der Waals surface area contributed by atoms with Gasteiger partial charge in [0.2, 0.25) is 0 Å². The van der Waals surface area contributed by atoms with E-state index < -0.39 is 17.0 Å². The van der Waals surface area contributed by atoms with Gasteiger partial charge >= 0.3 is 5.97 Å². The predicted molar refractivity (Wildman–Crippen MR) is 158 cm³/mol. The summed E-state index contributed by atoms with van der Waals surface area (Å²) in [5, 5.41) is 10.9. The number of rotatable bonds is 11. The predicted octanol–water partition coefficient (Wildman–Crippen LogP) is 6.30. The largest absolute Gasteiger partial charge is 0.496 e. The Labute approximate surface area is 244 Å². The molecule has 4 aromatic carbocycles. The number of para-hydroxylation sites is 2. The van der Waals surface area contributed by atoms with Crippen LogP contribution >= 0.6 is 0 Å². The highest BCUT2D eigenvalue weighted by Gasteiger charge is 2.29. The van der Waals surface area contributed by atoms with Gasteiger partial charge in [-0.3, -0.25) is 10.1 Å². The monoisotopic (exact) mass is 568 g/mol. The molecule has 0 fully saturated rings. The Bertz CT molecular complexity index is 1530. The second-order valence-corrected chi connectivity index (χ2v) is 9.83. The summed E-state index contributed by atoms with van der Waals surface area (Å²) in [5.41, 5.74) is 3.90. The number of hydrogen-bond acceptors (Lipinski definition) is 8. The lowest BCUT2D eigenvalue weighted by Gasteiger charge is -2.36. The molecule has 0 saturated heterocycles. The van der Waals surface area contributed by atoms with Crippen molar-refractivity contribution in [3.8, 4) is 17.2 Å². The van der Waals surface area contributed by atoms with Crippen LogP contribution < -0.4 is 19.1 Å². The lowest BCUT2D eigenvalue weighted by Crippen LogP contribution is -2.35. The molecule has 42 heavy (non-hydrogen) atoms. The Balaban J connectivity index is 1.33. The van der Waals surface area contributed by atoms with E-state index in [4.69, 9.17) is 18.9 Å². The number of carbonyl (C=O) groups excluding carboxylic acids is 1. The van der Waals surface area contributed by atoms with Gasteiger partial charge in [-0.25, -0.2) is 4.79 Å². The first kappa shape index (κ1) is 28.6. The van der Waals surface area contributed by atoms with Crippen molar-refractivity contribution >= 4 is 17.3 Å². The molecule has 0 N–H and O–H groups in total. The quantitative estimate of drug-likeness (QED) is 0.0900. The number of nitro groups is 1. The third kappa shape index (κ3) is 6.70. The molecular weight excluding hydrogens is 536 g/mol. The fourth-order valence-electron chi connectivity index (χ4n) is 4.99. The summed E-state index contributed by atoms with van der Waals surface area (Å²) in [6, 6.07) is 29.6. The molecule has 1 aliphatic heterocycles. The van der Waals surface area contributed by atoms with Crippen molar-refractivity contribution in [3.05, 3.63) is 124 Å². The van der Waals surface area contributed by atoms with Gasteiger partial charge in [0, 0.05) is 31.7 Å². The summed E-state index contributed by atoms with van der Waals surface area (Å²) in [7, 11) is 1.59. The van der Waals surface area contributed by atoms with E-state index in [0.29, 0.717) is 18.9 Å². The number of nitrogens with zero attached hydrogens (tertiary/aromatic N) is 2. The molecule has 0 spiro atoms. The molecule has 0 aliphatic carbocycles. The van der Waals surface area contributed by atoms with Crippen molar-refractivity contribution < 1.29 is 28.7 Å². The molecule has 0 amide bonds. The maximum Gasteiger partial charge on any atom is 0.340 e. The van der Waals surface area contributed by atoms with Crippen LogP contribution in [0.1, 0.15) is 29.7 Å². The van der Waals surface area contributed by atoms with E-state index >= 15 is 0 Å². The van der Waals surface area contributed by atoms with Crippen LogP contribution in [0, 0.1) is 10.1 Å². The van der Waals surface area contributed by atoms with E-state index in [1.807, 2.05) is 54.6 Å². The smallest absolute Gasteiger partial charge is 0.340 e. The number of ether oxygens (including phenoxy) is 4. The van der Waals surface area contributed by atoms with Gasteiger partial charge in [0.15, 0.2) is 6.10 Å². The van der Waals surface area contributed by atoms with Crippen LogP contribution in [0.3, 0.4) is 0 Å². The van der Waals surface area contributed by atoms with Crippen LogP contribution in [0.2, 0.25) is 0 Å². The van der Waals surface area contributed by atoms with E-state index in [1.165, 1.54) is 29.8 Å². The summed E-state index contributed by atoms with van der Waals surface area (Å²) < 4.78 is 23.4. The van der Waals surface area contributed by atoms with Crippen molar-refractivity contribution in [2.75, 3.05) is 25.2 Å². The molecule has 4 aromatic rings. The third-order valence-electron chi connectivity index (χ3n) is 7.06. The highest BCUT2D eigenvalue weighted by Crippen LogP contribution is 2.39. The zero-order valence-corrected chi connectivity index (χ0v) is 23.5.